The van der Waals surface area contributed by atoms with E-state index in [-0.39, 0.29) is 24.9 Å². The number of carboxylic acids is 1. The molecule has 0 aromatic carbocycles. The highest BCUT2D eigenvalue weighted by Gasteiger charge is 2.42. The van der Waals surface area contributed by atoms with Gasteiger partial charge in [-0.05, 0) is 26.3 Å². The van der Waals surface area contributed by atoms with E-state index in [1.54, 1.807) is 39.4 Å². The minimum atomic E-state index is -0.902. The second-order valence-electron chi connectivity index (χ2n) is 6.29. The Balaban J connectivity index is 1.93. The van der Waals surface area contributed by atoms with Crippen molar-refractivity contribution >= 4 is 17.8 Å². The molecule has 0 radical (unpaired) electrons. The average molecular weight is 322 g/mol. The summed E-state index contributed by atoms with van der Waals surface area (Å²) < 4.78 is 1.53. The standard InChI is InChI=1S/C15H22N4O4/c1-11(19-7-4-6-16-19)13(21)17(3)9-12(20)18-8-5-15(2,10-18)14(22)23/h4,6-7,11H,5,8-10H2,1-3H3,(H,22,23). The van der Waals surface area contributed by atoms with E-state index in [2.05, 4.69) is 5.10 Å². The number of rotatable bonds is 5. The summed E-state index contributed by atoms with van der Waals surface area (Å²) >= 11 is 0. The Hall–Kier alpha value is -2.38. The fraction of sp³-hybridized carbons (Fsp3) is 0.600. The van der Waals surface area contributed by atoms with Crippen LogP contribution in [0.3, 0.4) is 0 Å². The number of likely N-dealkylation sites (N-methyl/N-ethyl adjacent to an activating group) is 1. The van der Waals surface area contributed by atoms with Gasteiger partial charge in [0, 0.05) is 32.5 Å². The highest BCUT2D eigenvalue weighted by atomic mass is 16.4. The summed E-state index contributed by atoms with van der Waals surface area (Å²) in [4.78, 5) is 38.7. The van der Waals surface area contributed by atoms with Crippen molar-refractivity contribution in [3.8, 4) is 0 Å². The van der Waals surface area contributed by atoms with Crippen LogP contribution in [0.2, 0.25) is 0 Å². The summed E-state index contributed by atoms with van der Waals surface area (Å²) in [7, 11) is 1.56. The summed E-state index contributed by atoms with van der Waals surface area (Å²) in [5.41, 5.74) is -0.902. The van der Waals surface area contributed by atoms with Gasteiger partial charge in [0.15, 0.2) is 0 Å². The van der Waals surface area contributed by atoms with E-state index in [0.29, 0.717) is 13.0 Å². The lowest BCUT2D eigenvalue weighted by Crippen LogP contribution is -2.43. The zero-order valence-electron chi connectivity index (χ0n) is 13.6. The van der Waals surface area contributed by atoms with Crippen LogP contribution < -0.4 is 0 Å². The van der Waals surface area contributed by atoms with Crippen LogP contribution in [-0.2, 0) is 14.4 Å². The first kappa shape index (κ1) is 17.0. The molecule has 23 heavy (non-hydrogen) atoms. The predicted octanol–water partition coefficient (Wildman–Crippen LogP) is 0.226. The van der Waals surface area contributed by atoms with Gasteiger partial charge in [0.05, 0.1) is 12.0 Å². The third-order valence-electron chi connectivity index (χ3n) is 4.37. The van der Waals surface area contributed by atoms with Gasteiger partial charge < -0.3 is 14.9 Å². The normalized spacial score (nSPS) is 22.0. The van der Waals surface area contributed by atoms with Gasteiger partial charge in [-0.2, -0.15) is 5.10 Å². The summed E-state index contributed by atoms with van der Waals surface area (Å²) in [5, 5.41) is 13.2. The van der Waals surface area contributed by atoms with Crippen molar-refractivity contribution < 1.29 is 19.5 Å². The molecule has 2 heterocycles. The monoisotopic (exact) mass is 322 g/mol. The molecule has 2 rings (SSSR count). The summed E-state index contributed by atoms with van der Waals surface area (Å²) in [6.07, 6.45) is 3.71. The van der Waals surface area contributed by atoms with Gasteiger partial charge in [-0.1, -0.05) is 0 Å². The molecule has 0 spiro atoms. The SMILES string of the molecule is CC(C(=O)N(C)CC(=O)N1CCC(C)(C(=O)O)C1)n1cccn1. The zero-order valence-corrected chi connectivity index (χ0v) is 13.6. The van der Waals surface area contributed by atoms with Crippen molar-refractivity contribution in [3.63, 3.8) is 0 Å². The van der Waals surface area contributed by atoms with Gasteiger partial charge in [-0.15, -0.1) is 0 Å². The first-order valence-electron chi connectivity index (χ1n) is 7.50. The number of nitrogens with zero attached hydrogens (tertiary/aromatic N) is 4. The van der Waals surface area contributed by atoms with E-state index in [4.69, 9.17) is 0 Å². The number of hydrogen-bond donors (Lipinski definition) is 1. The average Bonchev–Trinajstić information content (AvgIpc) is 3.15. The molecule has 0 saturated carbocycles. The van der Waals surface area contributed by atoms with Crippen molar-refractivity contribution in [3.05, 3.63) is 18.5 Å². The van der Waals surface area contributed by atoms with E-state index < -0.39 is 17.4 Å². The smallest absolute Gasteiger partial charge is 0.311 e. The zero-order chi connectivity index (χ0) is 17.2. The van der Waals surface area contributed by atoms with Crippen LogP contribution in [0.25, 0.3) is 0 Å². The van der Waals surface area contributed by atoms with Crippen LogP contribution in [0.15, 0.2) is 18.5 Å². The van der Waals surface area contributed by atoms with Crippen LogP contribution in [0.4, 0.5) is 0 Å². The molecule has 2 atom stereocenters. The maximum Gasteiger partial charge on any atom is 0.311 e. The lowest BCUT2D eigenvalue weighted by Gasteiger charge is -2.25. The fourth-order valence-electron chi connectivity index (χ4n) is 2.67. The molecule has 1 saturated heterocycles. The van der Waals surface area contributed by atoms with Gasteiger partial charge in [-0.3, -0.25) is 19.1 Å². The first-order valence-corrected chi connectivity index (χ1v) is 7.50. The van der Waals surface area contributed by atoms with Crippen LogP contribution in [0, 0.1) is 5.41 Å². The number of hydrogen-bond acceptors (Lipinski definition) is 4. The third-order valence-corrected chi connectivity index (χ3v) is 4.37. The molecule has 1 aromatic heterocycles. The molecule has 126 valence electrons. The molecule has 0 bridgehead atoms. The minimum Gasteiger partial charge on any atom is -0.481 e. The van der Waals surface area contributed by atoms with Crippen LogP contribution >= 0.6 is 0 Å². The molecule has 0 aliphatic carbocycles. The number of carbonyl (C=O) groups is 3. The molecule has 8 heteroatoms. The molecule has 2 amide bonds. The summed E-state index contributed by atoms with van der Waals surface area (Å²) in [5.74, 6) is -1.36. The van der Waals surface area contributed by atoms with Crippen molar-refractivity contribution in [1.82, 2.24) is 19.6 Å². The quantitative estimate of drug-likeness (QED) is 0.837. The number of amides is 2. The maximum absolute atomic E-state index is 12.3. The predicted molar refractivity (Wildman–Crippen MR) is 81.5 cm³/mol. The van der Waals surface area contributed by atoms with Crippen LogP contribution in [0.5, 0.6) is 0 Å². The van der Waals surface area contributed by atoms with E-state index in [1.165, 1.54) is 14.5 Å². The molecule has 2 unspecified atom stereocenters. The number of carboxylic acid groups (broad SMARTS) is 1. The molecule has 1 aromatic rings. The van der Waals surface area contributed by atoms with Crippen LogP contribution in [-0.4, -0.2) is 69.2 Å². The van der Waals surface area contributed by atoms with Crippen LogP contribution in [0.1, 0.15) is 26.3 Å². The van der Waals surface area contributed by atoms with Gasteiger partial charge in [-0.25, -0.2) is 0 Å². The van der Waals surface area contributed by atoms with Gasteiger partial charge in [0.2, 0.25) is 11.8 Å². The molecular weight excluding hydrogens is 300 g/mol. The Morgan fingerprint density at radius 2 is 2.13 bits per heavy atom. The Kier molecular flexibility index (Phi) is 4.72. The molecule has 8 nitrogen and oxygen atoms in total. The Bertz CT molecular complexity index is 601. The maximum atomic E-state index is 12.3. The van der Waals surface area contributed by atoms with E-state index in [0.717, 1.165) is 0 Å². The molecule has 1 fully saturated rings. The highest BCUT2D eigenvalue weighted by Crippen LogP contribution is 2.30. The van der Waals surface area contributed by atoms with Gasteiger partial charge in [0.1, 0.15) is 6.04 Å². The molecule has 1 aliphatic rings. The van der Waals surface area contributed by atoms with Gasteiger partial charge in [0.25, 0.3) is 0 Å². The Labute approximate surface area is 134 Å². The number of aromatic nitrogens is 2. The fourth-order valence-corrected chi connectivity index (χ4v) is 2.67. The highest BCUT2D eigenvalue weighted by molar-refractivity contribution is 5.87. The summed E-state index contributed by atoms with van der Waals surface area (Å²) in [6, 6.07) is 1.23. The van der Waals surface area contributed by atoms with Crippen molar-refractivity contribution in [2.45, 2.75) is 26.3 Å². The first-order chi connectivity index (χ1) is 10.7. The molecular formula is C15H22N4O4. The largest absolute Gasteiger partial charge is 0.481 e. The second kappa shape index (κ2) is 6.39. The van der Waals surface area contributed by atoms with E-state index in [1.807, 2.05) is 0 Å². The number of aliphatic carboxylic acids is 1. The topological polar surface area (TPSA) is 95.7 Å². The number of likely N-dealkylation sites (tertiary alicyclic amines) is 1. The van der Waals surface area contributed by atoms with Crippen molar-refractivity contribution in [1.29, 1.82) is 0 Å². The Morgan fingerprint density at radius 1 is 1.43 bits per heavy atom. The third kappa shape index (κ3) is 3.52. The van der Waals surface area contributed by atoms with Gasteiger partial charge >= 0.3 is 5.97 Å². The molecule has 1 N–H and O–H groups in total. The minimum absolute atomic E-state index is 0.0693. The number of carbonyl (C=O) groups excluding carboxylic acids is 2. The second-order valence-corrected chi connectivity index (χ2v) is 6.29. The van der Waals surface area contributed by atoms with E-state index >= 15 is 0 Å². The van der Waals surface area contributed by atoms with Crippen molar-refractivity contribution in [2.24, 2.45) is 5.41 Å². The lowest BCUT2D eigenvalue weighted by molar-refractivity contribution is -0.148. The lowest BCUT2D eigenvalue weighted by atomic mass is 9.90. The summed E-state index contributed by atoms with van der Waals surface area (Å²) in [6.45, 7) is 3.86. The van der Waals surface area contributed by atoms with E-state index in [9.17, 15) is 19.5 Å². The molecule has 1 aliphatic heterocycles. The van der Waals surface area contributed by atoms with Crippen molar-refractivity contribution in [2.75, 3.05) is 26.7 Å². The Morgan fingerprint density at radius 3 is 2.65 bits per heavy atom.